The molecule has 0 saturated carbocycles. The van der Waals surface area contributed by atoms with Gasteiger partial charge in [0.15, 0.2) is 11.6 Å². The fraction of sp³-hybridized carbons (Fsp3) is 0.273. The summed E-state index contributed by atoms with van der Waals surface area (Å²) in [5, 5.41) is 17.0. The van der Waals surface area contributed by atoms with E-state index in [1.165, 1.54) is 12.1 Å². The topological polar surface area (TPSA) is 50.9 Å². The van der Waals surface area contributed by atoms with Gasteiger partial charge in [0.25, 0.3) is 0 Å². The number of nitrogens with zero attached hydrogens (tertiary/aromatic N) is 3. The van der Waals surface area contributed by atoms with Crippen molar-refractivity contribution in [2.45, 2.75) is 20.1 Å². The second-order valence-corrected chi connectivity index (χ2v) is 3.88. The second kappa shape index (κ2) is 4.81. The Hall–Kier alpha value is -1.46. The first-order valence-corrected chi connectivity index (χ1v) is 5.53. The Labute approximate surface area is 103 Å². The van der Waals surface area contributed by atoms with Crippen LogP contribution in [0.5, 0.6) is 0 Å². The Bertz CT molecular complexity index is 542. The van der Waals surface area contributed by atoms with E-state index in [4.69, 9.17) is 16.7 Å². The van der Waals surface area contributed by atoms with E-state index >= 15 is 0 Å². The molecule has 0 amide bonds. The molecule has 2 aromatic rings. The number of aromatic nitrogens is 3. The van der Waals surface area contributed by atoms with Crippen LogP contribution in [0.15, 0.2) is 18.2 Å². The zero-order valence-corrected chi connectivity index (χ0v) is 9.95. The summed E-state index contributed by atoms with van der Waals surface area (Å²) in [4.78, 5) is 0. The van der Waals surface area contributed by atoms with E-state index in [1.54, 1.807) is 10.6 Å². The number of aliphatic hydroxyl groups excluding tert-OH is 1. The number of halogens is 2. The lowest BCUT2D eigenvalue weighted by Crippen LogP contribution is -2.03. The van der Waals surface area contributed by atoms with Gasteiger partial charge in [0.05, 0.1) is 5.02 Å². The molecule has 1 aromatic carbocycles. The molecule has 1 aromatic heterocycles. The average Bonchev–Trinajstić information content (AvgIpc) is 2.75. The molecule has 0 spiro atoms. The van der Waals surface area contributed by atoms with Crippen LogP contribution in [0.1, 0.15) is 12.7 Å². The Morgan fingerprint density at radius 3 is 2.76 bits per heavy atom. The van der Waals surface area contributed by atoms with Crippen LogP contribution in [-0.4, -0.2) is 19.9 Å². The van der Waals surface area contributed by atoms with Crippen LogP contribution < -0.4 is 0 Å². The van der Waals surface area contributed by atoms with Crippen LogP contribution in [-0.2, 0) is 13.2 Å². The van der Waals surface area contributed by atoms with E-state index in [0.717, 1.165) is 0 Å². The number of hydrogen-bond donors (Lipinski definition) is 1. The molecule has 6 heteroatoms. The lowest BCUT2D eigenvalue weighted by atomic mass is 10.2. The second-order valence-electron chi connectivity index (χ2n) is 3.47. The molecule has 0 fully saturated rings. The molecule has 0 aliphatic rings. The van der Waals surface area contributed by atoms with E-state index < -0.39 is 5.82 Å². The average molecular weight is 256 g/mol. The van der Waals surface area contributed by atoms with E-state index in [1.807, 2.05) is 6.92 Å². The summed E-state index contributed by atoms with van der Waals surface area (Å²) in [6.07, 6.45) is 0. The van der Waals surface area contributed by atoms with Gasteiger partial charge in [-0.1, -0.05) is 11.6 Å². The fourth-order valence-corrected chi connectivity index (χ4v) is 1.81. The van der Waals surface area contributed by atoms with Gasteiger partial charge in [-0.05, 0) is 25.1 Å². The Morgan fingerprint density at radius 2 is 2.18 bits per heavy atom. The first-order chi connectivity index (χ1) is 8.17. The maximum absolute atomic E-state index is 13.1. The predicted molar refractivity (Wildman–Crippen MR) is 62.0 cm³/mol. The quantitative estimate of drug-likeness (QED) is 0.915. The SMILES string of the molecule is CCn1c(CO)nnc1-c1ccc(F)c(Cl)c1. The third kappa shape index (κ3) is 2.16. The van der Waals surface area contributed by atoms with Gasteiger partial charge in [-0.25, -0.2) is 4.39 Å². The smallest absolute Gasteiger partial charge is 0.164 e. The molecule has 0 radical (unpaired) electrons. The number of rotatable bonds is 3. The molecule has 90 valence electrons. The van der Waals surface area contributed by atoms with Crippen LogP contribution in [0, 0.1) is 5.82 Å². The maximum atomic E-state index is 13.1. The first kappa shape index (κ1) is 12.0. The first-order valence-electron chi connectivity index (χ1n) is 5.15. The molecule has 0 bridgehead atoms. The van der Waals surface area contributed by atoms with Crippen molar-refractivity contribution in [1.82, 2.24) is 14.8 Å². The molecule has 0 saturated heterocycles. The fourth-order valence-electron chi connectivity index (χ4n) is 1.63. The van der Waals surface area contributed by atoms with Crippen molar-refractivity contribution in [1.29, 1.82) is 0 Å². The van der Waals surface area contributed by atoms with Crippen LogP contribution in [0.3, 0.4) is 0 Å². The predicted octanol–water partition coefficient (Wildman–Crippen LogP) is 2.25. The minimum Gasteiger partial charge on any atom is -0.388 e. The zero-order valence-electron chi connectivity index (χ0n) is 9.19. The van der Waals surface area contributed by atoms with Gasteiger partial charge in [-0.15, -0.1) is 10.2 Å². The van der Waals surface area contributed by atoms with Gasteiger partial charge in [-0.3, -0.25) is 0 Å². The summed E-state index contributed by atoms with van der Waals surface area (Å²) in [5.74, 6) is 0.571. The summed E-state index contributed by atoms with van der Waals surface area (Å²) in [5.41, 5.74) is 0.672. The molecule has 0 atom stereocenters. The van der Waals surface area contributed by atoms with Crippen molar-refractivity contribution in [3.8, 4) is 11.4 Å². The third-order valence-corrected chi connectivity index (χ3v) is 2.75. The maximum Gasteiger partial charge on any atom is 0.164 e. The molecule has 2 rings (SSSR count). The lowest BCUT2D eigenvalue weighted by Gasteiger charge is -2.06. The van der Waals surface area contributed by atoms with Gasteiger partial charge in [-0.2, -0.15) is 0 Å². The van der Waals surface area contributed by atoms with E-state index in [-0.39, 0.29) is 11.6 Å². The molecular weight excluding hydrogens is 245 g/mol. The molecule has 1 N–H and O–H groups in total. The van der Waals surface area contributed by atoms with Crippen molar-refractivity contribution >= 4 is 11.6 Å². The van der Waals surface area contributed by atoms with Gasteiger partial charge >= 0.3 is 0 Å². The number of aliphatic hydroxyl groups is 1. The van der Waals surface area contributed by atoms with E-state index in [0.29, 0.717) is 23.8 Å². The molecule has 0 unspecified atom stereocenters. The summed E-state index contributed by atoms with van der Waals surface area (Å²) >= 11 is 5.72. The van der Waals surface area contributed by atoms with Crippen LogP contribution in [0.2, 0.25) is 5.02 Å². The molecule has 17 heavy (non-hydrogen) atoms. The van der Waals surface area contributed by atoms with Crippen molar-refractivity contribution < 1.29 is 9.50 Å². The molecule has 0 aliphatic carbocycles. The van der Waals surface area contributed by atoms with Gasteiger partial charge in [0.2, 0.25) is 0 Å². The molecular formula is C11H11ClFN3O. The van der Waals surface area contributed by atoms with E-state index in [2.05, 4.69) is 10.2 Å². The highest BCUT2D eigenvalue weighted by Gasteiger charge is 2.13. The van der Waals surface area contributed by atoms with Crippen LogP contribution >= 0.6 is 11.6 Å². The Kier molecular flexibility index (Phi) is 3.40. The van der Waals surface area contributed by atoms with Crippen LogP contribution in [0.4, 0.5) is 4.39 Å². The molecule has 4 nitrogen and oxygen atoms in total. The monoisotopic (exact) mass is 255 g/mol. The highest BCUT2D eigenvalue weighted by Crippen LogP contribution is 2.24. The molecule has 1 heterocycles. The largest absolute Gasteiger partial charge is 0.388 e. The standard InChI is InChI=1S/C11H11ClFN3O/c1-2-16-10(6-17)14-15-11(16)7-3-4-9(13)8(12)5-7/h3-5,17H,2,6H2,1H3. The summed E-state index contributed by atoms with van der Waals surface area (Å²) in [6, 6.07) is 4.36. The summed E-state index contributed by atoms with van der Waals surface area (Å²) in [7, 11) is 0. The number of hydrogen-bond acceptors (Lipinski definition) is 3. The van der Waals surface area contributed by atoms with Crippen molar-refractivity contribution in [2.24, 2.45) is 0 Å². The normalized spacial score (nSPS) is 10.8. The Balaban J connectivity index is 2.52. The molecule has 0 aliphatic heterocycles. The highest BCUT2D eigenvalue weighted by molar-refractivity contribution is 6.31. The number of benzene rings is 1. The zero-order chi connectivity index (χ0) is 12.4. The minimum atomic E-state index is -0.472. The minimum absolute atomic E-state index is 0.0405. The van der Waals surface area contributed by atoms with Crippen LogP contribution in [0.25, 0.3) is 11.4 Å². The van der Waals surface area contributed by atoms with E-state index in [9.17, 15) is 4.39 Å². The highest BCUT2D eigenvalue weighted by atomic mass is 35.5. The Morgan fingerprint density at radius 1 is 1.41 bits per heavy atom. The van der Waals surface area contributed by atoms with Gasteiger partial charge in [0, 0.05) is 12.1 Å². The van der Waals surface area contributed by atoms with Crippen molar-refractivity contribution in [3.05, 3.63) is 34.9 Å². The van der Waals surface area contributed by atoms with Gasteiger partial charge < -0.3 is 9.67 Å². The summed E-state index contributed by atoms with van der Waals surface area (Å²) < 4.78 is 14.8. The van der Waals surface area contributed by atoms with Crippen molar-refractivity contribution in [3.63, 3.8) is 0 Å². The van der Waals surface area contributed by atoms with Gasteiger partial charge in [0.1, 0.15) is 12.4 Å². The van der Waals surface area contributed by atoms with Crippen molar-refractivity contribution in [2.75, 3.05) is 0 Å². The summed E-state index contributed by atoms with van der Waals surface area (Å²) in [6.45, 7) is 2.35. The lowest BCUT2D eigenvalue weighted by molar-refractivity contribution is 0.265. The third-order valence-electron chi connectivity index (χ3n) is 2.46.